The summed E-state index contributed by atoms with van der Waals surface area (Å²) >= 11 is 0. The Morgan fingerprint density at radius 3 is 2.20 bits per heavy atom. The second-order valence-corrected chi connectivity index (χ2v) is 3.98. The van der Waals surface area contributed by atoms with Gasteiger partial charge in [-0.05, 0) is 38.5 Å². The maximum Gasteiger partial charge on any atom is 0.333 e. The summed E-state index contributed by atoms with van der Waals surface area (Å²) in [4.78, 5) is 21.7. The van der Waals surface area contributed by atoms with Gasteiger partial charge in [-0.25, -0.2) is 4.79 Å². The highest BCUT2D eigenvalue weighted by molar-refractivity contribution is 5.87. The molecule has 0 spiro atoms. The molecule has 0 radical (unpaired) electrons. The minimum Gasteiger partial charge on any atom is -0.550 e. The van der Waals surface area contributed by atoms with E-state index in [-0.39, 0.29) is 12.0 Å². The predicted octanol–water partition coefficient (Wildman–Crippen LogP) is 0.414. The van der Waals surface area contributed by atoms with Gasteiger partial charge in [-0.15, -0.1) is 0 Å². The minimum atomic E-state index is -1.00. The van der Waals surface area contributed by atoms with Gasteiger partial charge in [0.05, 0.1) is 0 Å². The van der Waals surface area contributed by atoms with E-state index in [9.17, 15) is 14.7 Å². The molecule has 1 aliphatic carbocycles. The average molecular weight is 211 g/mol. The maximum absolute atomic E-state index is 11.2. The topological polar surface area (TPSA) is 66.4 Å². The fourth-order valence-electron chi connectivity index (χ4n) is 1.67. The molecular weight excluding hydrogens is 196 g/mol. The largest absolute Gasteiger partial charge is 0.550 e. The van der Waals surface area contributed by atoms with Crippen LogP contribution in [0.1, 0.15) is 32.6 Å². The van der Waals surface area contributed by atoms with Gasteiger partial charge in [-0.2, -0.15) is 0 Å². The Morgan fingerprint density at radius 2 is 1.80 bits per heavy atom. The Balaban J connectivity index is 2.35. The van der Waals surface area contributed by atoms with Crippen LogP contribution in [0.5, 0.6) is 0 Å². The standard InChI is InChI=1S/C11H16O4/c1-7(2)11(14)15-9-5-3-8(4-6-9)10(12)13/h8-9H,1,3-6H2,2H3,(H,12,13)/p-1. The van der Waals surface area contributed by atoms with E-state index in [1.165, 1.54) is 0 Å². The van der Waals surface area contributed by atoms with Gasteiger partial charge < -0.3 is 14.6 Å². The zero-order valence-electron chi connectivity index (χ0n) is 8.82. The Kier molecular flexibility index (Phi) is 3.88. The molecule has 0 amide bonds. The average Bonchev–Trinajstić information content (AvgIpc) is 2.18. The molecule has 1 rings (SSSR count). The highest BCUT2D eigenvalue weighted by Gasteiger charge is 2.24. The lowest BCUT2D eigenvalue weighted by atomic mass is 9.87. The van der Waals surface area contributed by atoms with Crippen LogP contribution in [-0.2, 0) is 14.3 Å². The number of esters is 1. The van der Waals surface area contributed by atoms with Gasteiger partial charge in [0.25, 0.3) is 0 Å². The minimum absolute atomic E-state index is 0.162. The van der Waals surface area contributed by atoms with Crippen LogP contribution in [0, 0.1) is 5.92 Å². The third-order valence-corrected chi connectivity index (χ3v) is 2.63. The van der Waals surface area contributed by atoms with Crippen LogP contribution >= 0.6 is 0 Å². The number of rotatable bonds is 3. The Morgan fingerprint density at radius 1 is 1.27 bits per heavy atom. The number of hydrogen-bond acceptors (Lipinski definition) is 4. The van der Waals surface area contributed by atoms with Gasteiger partial charge in [-0.1, -0.05) is 6.58 Å². The molecular formula is C11H15O4-. The van der Waals surface area contributed by atoms with Crippen LogP contribution in [0.25, 0.3) is 0 Å². The van der Waals surface area contributed by atoms with E-state index in [0.29, 0.717) is 31.3 Å². The van der Waals surface area contributed by atoms with Crippen LogP contribution in [0.2, 0.25) is 0 Å². The summed E-state index contributed by atoms with van der Waals surface area (Å²) < 4.78 is 5.13. The molecule has 0 aromatic carbocycles. The molecule has 0 aliphatic heterocycles. The predicted molar refractivity (Wildman–Crippen MR) is 51.7 cm³/mol. The first kappa shape index (κ1) is 11.8. The van der Waals surface area contributed by atoms with E-state index in [4.69, 9.17) is 4.74 Å². The summed E-state index contributed by atoms with van der Waals surface area (Å²) in [7, 11) is 0. The molecule has 0 heterocycles. The van der Waals surface area contributed by atoms with Crippen molar-refractivity contribution in [2.75, 3.05) is 0 Å². The van der Waals surface area contributed by atoms with E-state index in [1.807, 2.05) is 0 Å². The van der Waals surface area contributed by atoms with Gasteiger partial charge in [-0.3, -0.25) is 0 Å². The monoisotopic (exact) mass is 211 g/mol. The van der Waals surface area contributed by atoms with Gasteiger partial charge >= 0.3 is 5.97 Å². The molecule has 4 heteroatoms. The second-order valence-electron chi connectivity index (χ2n) is 3.98. The number of carboxylic acids is 1. The van der Waals surface area contributed by atoms with Crippen molar-refractivity contribution in [3.8, 4) is 0 Å². The SMILES string of the molecule is C=C(C)C(=O)OC1CCC(C(=O)[O-])CC1. The van der Waals surface area contributed by atoms with E-state index in [0.717, 1.165) is 0 Å². The first-order valence-corrected chi connectivity index (χ1v) is 5.08. The van der Waals surface area contributed by atoms with Crippen molar-refractivity contribution in [3.63, 3.8) is 0 Å². The third kappa shape index (κ3) is 3.38. The summed E-state index contributed by atoms with van der Waals surface area (Å²) in [6.07, 6.45) is 2.08. The van der Waals surface area contributed by atoms with Crippen molar-refractivity contribution in [2.45, 2.75) is 38.7 Å². The molecule has 4 nitrogen and oxygen atoms in total. The number of ether oxygens (including phenoxy) is 1. The van der Waals surface area contributed by atoms with Crippen molar-refractivity contribution in [2.24, 2.45) is 5.92 Å². The van der Waals surface area contributed by atoms with Crippen molar-refractivity contribution in [3.05, 3.63) is 12.2 Å². The Bertz CT molecular complexity index is 274. The molecule has 0 unspecified atom stereocenters. The van der Waals surface area contributed by atoms with Crippen molar-refractivity contribution in [1.29, 1.82) is 0 Å². The number of aliphatic carboxylic acids is 1. The summed E-state index contributed by atoms with van der Waals surface area (Å²) in [6, 6.07) is 0. The van der Waals surface area contributed by atoms with Crippen LogP contribution in [0.4, 0.5) is 0 Å². The van der Waals surface area contributed by atoms with Gasteiger partial charge in [0.2, 0.25) is 0 Å². The second kappa shape index (κ2) is 4.96. The van der Waals surface area contributed by atoms with E-state index in [1.54, 1.807) is 6.92 Å². The molecule has 0 N–H and O–H groups in total. The van der Waals surface area contributed by atoms with Crippen LogP contribution in [0.15, 0.2) is 12.2 Å². The fourth-order valence-corrected chi connectivity index (χ4v) is 1.67. The zero-order chi connectivity index (χ0) is 11.4. The summed E-state index contributed by atoms with van der Waals surface area (Å²) in [5.74, 6) is -1.78. The van der Waals surface area contributed by atoms with Gasteiger partial charge in [0, 0.05) is 11.5 Å². The zero-order valence-corrected chi connectivity index (χ0v) is 8.82. The molecule has 1 fully saturated rings. The third-order valence-electron chi connectivity index (χ3n) is 2.63. The van der Waals surface area contributed by atoms with Gasteiger partial charge in [0.15, 0.2) is 0 Å². The van der Waals surface area contributed by atoms with Crippen molar-refractivity contribution < 1.29 is 19.4 Å². The Labute approximate surface area is 88.9 Å². The maximum atomic E-state index is 11.2. The fraction of sp³-hybridized carbons (Fsp3) is 0.636. The molecule has 0 aromatic heterocycles. The smallest absolute Gasteiger partial charge is 0.333 e. The quantitative estimate of drug-likeness (QED) is 0.501. The lowest BCUT2D eigenvalue weighted by molar-refractivity contribution is -0.312. The number of hydrogen-bond donors (Lipinski definition) is 0. The normalized spacial score (nSPS) is 25.7. The number of carbonyl (C=O) groups is 2. The lowest BCUT2D eigenvalue weighted by Gasteiger charge is -2.28. The molecule has 84 valence electrons. The lowest BCUT2D eigenvalue weighted by Crippen LogP contribution is -2.35. The molecule has 0 bridgehead atoms. The van der Waals surface area contributed by atoms with Crippen LogP contribution < -0.4 is 5.11 Å². The van der Waals surface area contributed by atoms with Crippen molar-refractivity contribution in [1.82, 2.24) is 0 Å². The van der Waals surface area contributed by atoms with E-state index in [2.05, 4.69) is 6.58 Å². The Hall–Kier alpha value is -1.32. The van der Waals surface area contributed by atoms with E-state index < -0.39 is 11.9 Å². The first-order chi connectivity index (χ1) is 7.00. The molecule has 1 aliphatic rings. The molecule has 15 heavy (non-hydrogen) atoms. The number of carbonyl (C=O) groups excluding carboxylic acids is 2. The van der Waals surface area contributed by atoms with Gasteiger partial charge in [0.1, 0.15) is 6.10 Å². The molecule has 0 saturated heterocycles. The van der Waals surface area contributed by atoms with Crippen LogP contribution in [-0.4, -0.2) is 18.0 Å². The van der Waals surface area contributed by atoms with Crippen molar-refractivity contribution >= 4 is 11.9 Å². The highest BCUT2D eigenvalue weighted by Crippen LogP contribution is 2.26. The molecule has 0 atom stereocenters. The van der Waals surface area contributed by atoms with E-state index >= 15 is 0 Å². The summed E-state index contributed by atoms with van der Waals surface area (Å²) in [5, 5.41) is 10.6. The number of carboxylic acid groups (broad SMARTS) is 1. The summed E-state index contributed by atoms with van der Waals surface area (Å²) in [5.41, 5.74) is 0.372. The summed E-state index contributed by atoms with van der Waals surface area (Å²) in [6.45, 7) is 5.08. The first-order valence-electron chi connectivity index (χ1n) is 5.08. The molecule has 0 aromatic rings. The highest BCUT2D eigenvalue weighted by atomic mass is 16.5. The van der Waals surface area contributed by atoms with Crippen LogP contribution in [0.3, 0.4) is 0 Å². The molecule has 1 saturated carbocycles.